The van der Waals surface area contributed by atoms with E-state index in [4.69, 9.17) is 9.47 Å². The summed E-state index contributed by atoms with van der Waals surface area (Å²) in [6, 6.07) is 3.32. The van der Waals surface area contributed by atoms with Crippen LogP contribution in [0, 0.1) is 11.8 Å². The van der Waals surface area contributed by atoms with Gasteiger partial charge in [-0.1, -0.05) is 13.8 Å². The lowest BCUT2D eigenvalue weighted by Gasteiger charge is -2.57. The highest BCUT2D eigenvalue weighted by Gasteiger charge is 2.56. The van der Waals surface area contributed by atoms with Crippen LogP contribution in [0.4, 0.5) is 0 Å². The first-order valence-corrected chi connectivity index (χ1v) is 9.84. The Labute approximate surface area is 158 Å². The molecule has 2 N–H and O–H groups in total. The first kappa shape index (κ1) is 18.7. The second-order valence-electron chi connectivity index (χ2n) is 8.32. The Morgan fingerprint density at radius 3 is 2.81 bits per heavy atom. The number of rotatable bonds is 2. The van der Waals surface area contributed by atoms with E-state index in [1.807, 2.05) is 19.9 Å². The van der Waals surface area contributed by atoms with E-state index in [-0.39, 0.29) is 40.8 Å². The molecule has 1 amide bonds. The van der Waals surface area contributed by atoms with Crippen LogP contribution in [0.25, 0.3) is 0 Å². The minimum Gasteiger partial charge on any atom is -0.389 e. The van der Waals surface area contributed by atoms with Gasteiger partial charge in [-0.3, -0.25) is 9.59 Å². The van der Waals surface area contributed by atoms with E-state index in [2.05, 4.69) is 4.98 Å². The van der Waals surface area contributed by atoms with Crippen LogP contribution in [-0.2, 0) is 9.47 Å². The number of fused-ring (bicyclic) bond motifs is 3. The van der Waals surface area contributed by atoms with Crippen LogP contribution >= 0.6 is 0 Å². The summed E-state index contributed by atoms with van der Waals surface area (Å²) in [5.74, 6) is -0.388. The maximum absolute atomic E-state index is 13.3. The van der Waals surface area contributed by atoms with E-state index in [1.54, 1.807) is 11.0 Å². The number of hydrogen-bond donors (Lipinski definition) is 2. The smallest absolute Gasteiger partial charge is 0.261 e. The number of nitrogens with zero attached hydrogens (tertiary/aromatic N) is 1. The third-order valence-corrected chi connectivity index (χ3v) is 6.50. The average molecular weight is 376 g/mol. The Morgan fingerprint density at radius 1 is 1.30 bits per heavy atom. The van der Waals surface area contributed by atoms with Crippen molar-refractivity contribution >= 4 is 5.91 Å². The highest BCUT2D eigenvalue weighted by atomic mass is 16.5. The van der Waals surface area contributed by atoms with Crippen molar-refractivity contribution in [1.82, 2.24) is 9.88 Å². The third-order valence-electron chi connectivity index (χ3n) is 6.50. The van der Waals surface area contributed by atoms with Crippen molar-refractivity contribution in [2.75, 3.05) is 33.0 Å². The molecule has 3 saturated heterocycles. The predicted molar refractivity (Wildman–Crippen MR) is 98.8 cm³/mol. The zero-order valence-corrected chi connectivity index (χ0v) is 15.9. The fourth-order valence-electron chi connectivity index (χ4n) is 4.84. The van der Waals surface area contributed by atoms with Crippen molar-refractivity contribution in [3.8, 4) is 0 Å². The number of carbonyl (C=O) groups excluding carboxylic acids is 1. The van der Waals surface area contributed by atoms with Crippen LogP contribution in [0.3, 0.4) is 0 Å². The molecule has 0 aliphatic carbocycles. The maximum atomic E-state index is 13.3. The Bertz CT molecular complexity index is 776. The summed E-state index contributed by atoms with van der Waals surface area (Å²) >= 11 is 0. The predicted octanol–water partition coefficient (Wildman–Crippen LogP) is 1.13. The lowest BCUT2D eigenvalue weighted by Crippen LogP contribution is -2.69. The number of likely N-dealkylation sites (tertiary alicyclic amines) is 1. The van der Waals surface area contributed by atoms with Crippen LogP contribution in [0.5, 0.6) is 0 Å². The molecule has 1 aromatic rings. The van der Waals surface area contributed by atoms with E-state index < -0.39 is 5.60 Å². The van der Waals surface area contributed by atoms with Gasteiger partial charge >= 0.3 is 0 Å². The van der Waals surface area contributed by atoms with Gasteiger partial charge in [0.05, 0.1) is 18.8 Å². The zero-order chi connectivity index (χ0) is 19.2. The number of nitrogens with one attached hydrogen (secondary N) is 1. The second kappa shape index (κ2) is 7.04. The monoisotopic (exact) mass is 376 g/mol. The van der Waals surface area contributed by atoms with Crippen molar-refractivity contribution in [3.63, 3.8) is 0 Å². The Balaban J connectivity index is 1.66. The van der Waals surface area contributed by atoms with Crippen LogP contribution in [0.15, 0.2) is 16.9 Å². The summed E-state index contributed by atoms with van der Waals surface area (Å²) in [5.41, 5.74) is -0.245. The number of pyridine rings is 1. The number of aliphatic hydroxyl groups is 1. The molecule has 0 bridgehead atoms. The van der Waals surface area contributed by atoms with E-state index >= 15 is 0 Å². The number of aromatic amines is 1. The lowest BCUT2D eigenvalue weighted by molar-refractivity contribution is -0.212. The lowest BCUT2D eigenvalue weighted by atomic mass is 9.66. The molecule has 3 aliphatic rings. The van der Waals surface area contributed by atoms with Crippen molar-refractivity contribution < 1.29 is 19.4 Å². The Morgan fingerprint density at radius 2 is 2.07 bits per heavy atom. The van der Waals surface area contributed by atoms with E-state index in [0.29, 0.717) is 45.8 Å². The molecule has 0 unspecified atom stereocenters. The van der Waals surface area contributed by atoms with Gasteiger partial charge < -0.3 is 24.5 Å². The Hall–Kier alpha value is -1.70. The molecule has 0 aromatic carbocycles. The number of ether oxygens (including phenoxy) is 2. The minimum atomic E-state index is -0.867. The summed E-state index contributed by atoms with van der Waals surface area (Å²) in [4.78, 5) is 30.4. The molecule has 7 heteroatoms. The number of piperidine rings is 1. The normalized spacial score (nSPS) is 33.5. The highest BCUT2D eigenvalue weighted by Crippen LogP contribution is 2.44. The first-order chi connectivity index (χ1) is 12.9. The van der Waals surface area contributed by atoms with Crippen molar-refractivity contribution in [3.05, 3.63) is 33.7 Å². The van der Waals surface area contributed by atoms with Gasteiger partial charge in [0.15, 0.2) is 0 Å². The molecule has 4 rings (SSSR count). The van der Waals surface area contributed by atoms with Gasteiger partial charge in [0.25, 0.3) is 11.5 Å². The quantitative estimate of drug-likeness (QED) is 0.807. The average Bonchev–Trinajstić information content (AvgIpc) is 2.67. The van der Waals surface area contributed by atoms with E-state index in [9.17, 15) is 14.7 Å². The topological polar surface area (TPSA) is 91.9 Å². The van der Waals surface area contributed by atoms with Gasteiger partial charge in [-0.2, -0.15) is 0 Å². The van der Waals surface area contributed by atoms with Crippen LogP contribution in [-0.4, -0.2) is 65.5 Å². The standard InChI is InChI=1S/C20H28N2O5/c1-12(2)16-4-3-14(18(23)21-16)19(24)22-9-13-10-27-8-6-20(13,25)15-11-26-7-5-17(15)22/h3-4,12-13,15,17,25H,5-11H2,1-2H3,(H,21,23)/t13-,15+,17-,20-/m1/s1. The molecule has 3 aliphatic heterocycles. The zero-order valence-electron chi connectivity index (χ0n) is 15.9. The van der Waals surface area contributed by atoms with Crippen molar-refractivity contribution in [2.45, 2.75) is 44.2 Å². The molecule has 4 atom stereocenters. The molecule has 3 fully saturated rings. The molecule has 0 saturated carbocycles. The van der Waals surface area contributed by atoms with Gasteiger partial charge in [0.1, 0.15) is 5.56 Å². The molecule has 0 radical (unpaired) electrons. The summed E-state index contributed by atoms with van der Waals surface area (Å²) in [7, 11) is 0. The van der Waals surface area contributed by atoms with Gasteiger partial charge in [-0.15, -0.1) is 0 Å². The number of hydrogen-bond acceptors (Lipinski definition) is 5. The van der Waals surface area contributed by atoms with Gasteiger partial charge in [-0.25, -0.2) is 0 Å². The third kappa shape index (κ3) is 3.11. The van der Waals surface area contributed by atoms with Gasteiger partial charge in [0.2, 0.25) is 0 Å². The molecule has 0 spiro atoms. The summed E-state index contributed by atoms with van der Waals surface area (Å²) < 4.78 is 11.2. The fraction of sp³-hybridized carbons (Fsp3) is 0.700. The van der Waals surface area contributed by atoms with Crippen molar-refractivity contribution in [1.29, 1.82) is 0 Å². The summed E-state index contributed by atoms with van der Waals surface area (Å²) in [6.07, 6.45) is 1.24. The second-order valence-corrected chi connectivity index (χ2v) is 8.32. The van der Waals surface area contributed by atoms with Crippen LogP contribution in [0.1, 0.15) is 48.7 Å². The Kier molecular flexibility index (Phi) is 4.86. The largest absolute Gasteiger partial charge is 0.389 e. The number of carbonyl (C=O) groups is 1. The molecule has 4 heterocycles. The van der Waals surface area contributed by atoms with Gasteiger partial charge in [0, 0.05) is 49.8 Å². The number of H-pyrrole nitrogens is 1. The van der Waals surface area contributed by atoms with Crippen LogP contribution in [0.2, 0.25) is 0 Å². The molecule has 148 valence electrons. The molecule has 7 nitrogen and oxygen atoms in total. The van der Waals surface area contributed by atoms with Gasteiger partial charge in [-0.05, 0) is 24.5 Å². The minimum absolute atomic E-state index is 0.116. The summed E-state index contributed by atoms with van der Waals surface area (Å²) in [6.45, 7) is 6.34. The number of aromatic nitrogens is 1. The molecular weight excluding hydrogens is 348 g/mol. The number of amides is 1. The molecular formula is C20H28N2O5. The van der Waals surface area contributed by atoms with E-state index in [0.717, 1.165) is 5.69 Å². The fourth-order valence-corrected chi connectivity index (χ4v) is 4.84. The van der Waals surface area contributed by atoms with Crippen molar-refractivity contribution in [2.24, 2.45) is 11.8 Å². The van der Waals surface area contributed by atoms with Crippen LogP contribution < -0.4 is 5.56 Å². The first-order valence-electron chi connectivity index (χ1n) is 9.84. The highest BCUT2D eigenvalue weighted by molar-refractivity contribution is 5.94. The SMILES string of the molecule is CC(C)c1ccc(C(=O)N2C[C@@H]3COCC[C@]3(O)[C@H]3COCC[C@H]32)c(=O)[nH]1. The molecule has 1 aromatic heterocycles. The maximum Gasteiger partial charge on any atom is 0.261 e. The van der Waals surface area contributed by atoms with E-state index in [1.165, 1.54) is 0 Å². The molecule has 27 heavy (non-hydrogen) atoms. The summed E-state index contributed by atoms with van der Waals surface area (Å²) in [5, 5.41) is 11.3.